The van der Waals surface area contributed by atoms with Crippen molar-refractivity contribution >= 4 is 29.3 Å². The number of halogens is 1. The van der Waals surface area contributed by atoms with Gasteiger partial charge in [-0.1, -0.05) is 11.6 Å². The van der Waals surface area contributed by atoms with Crippen LogP contribution in [0.15, 0.2) is 6.20 Å². The minimum absolute atomic E-state index is 0.133. The maximum absolute atomic E-state index is 9.94. The Morgan fingerprint density at radius 2 is 2.64 bits per heavy atom. The molecule has 0 aromatic carbocycles. The predicted molar refractivity (Wildman–Crippen MR) is 40.5 cm³/mol. The minimum atomic E-state index is 0.133. The highest BCUT2D eigenvalue weighted by molar-refractivity contribution is 7.15. The smallest absolute Gasteiger partial charge is 0.233 e. The van der Waals surface area contributed by atoms with E-state index in [1.54, 1.807) is 0 Å². The fourth-order valence-electron chi connectivity index (χ4n) is 0.554. The fourth-order valence-corrected chi connectivity index (χ4v) is 1.52. The van der Waals surface area contributed by atoms with Crippen molar-refractivity contribution in [3.8, 4) is 0 Å². The van der Waals surface area contributed by atoms with Gasteiger partial charge in [0.2, 0.25) is 6.41 Å². The van der Waals surface area contributed by atoms with Gasteiger partial charge in [0.25, 0.3) is 0 Å². The average Bonchev–Trinajstić information content (AvgIpc) is 2.35. The third-order valence-corrected chi connectivity index (χ3v) is 2.06. The van der Waals surface area contributed by atoms with Crippen LogP contribution in [0.5, 0.6) is 0 Å². The van der Waals surface area contributed by atoms with Crippen LogP contribution >= 0.6 is 22.9 Å². The number of thiazole rings is 1. The molecule has 0 atom stereocenters. The summed E-state index contributed by atoms with van der Waals surface area (Å²) >= 11 is 6.73. The van der Waals surface area contributed by atoms with Gasteiger partial charge in [-0.3, -0.25) is 10.0 Å². The quantitative estimate of drug-likeness (QED) is 0.444. The third kappa shape index (κ3) is 2.45. The van der Waals surface area contributed by atoms with E-state index in [9.17, 15) is 4.79 Å². The maximum Gasteiger partial charge on any atom is 0.233 e. The summed E-state index contributed by atoms with van der Waals surface area (Å²) in [4.78, 5) is 14.4. The Kier molecular flexibility index (Phi) is 2.81. The number of amides is 1. The van der Waals surface area contributed by atoms with E-state index in [-0.39, 0.29) is 6.54 Å². The molecule has 1 N–H and O–H groups in total. The molecule has 1 aromatic heterocycles. The van der Waals surface area contributed by atoms with Gasteiger partial charge in [-0.05, 0) is 0 Å². The molecule has 6 heteroatoms. The molecule has 0 spiro atoms. The van der Waals surface area contributed by atoms with Crippen LogP contribution in [-0.4, -0.2) is 21.7 Å². The Morgan fingerprint density at radius 3 is 3.09 bits per heavy atom. The van der Waals surface area contributed by atoms with E-state index >= 15 is 0 Å². The zero-order valence-corrected chi connectivity index (χ0v) is 6.97. The molecule has 0 unspecified atom stereocenters. The van der Waals surface area contributed by atoms with Crippen molar-refractivity contribution in [2.75, 3.05) is 0 Å². The summed E-state index contributed by atoms with van der Waals surface area (Å²) in [5.41, 5.74) is 0. The lowest BCUT2D eigenvalue weighted by atomic mass is 10.5. The van der Waals surface area contributed by atoms with Crippen molar-refractivity contribution in [3.63, 3.8) is 0 Å². The van der Waals surface area contributed by atoms with Gasteiger partial charge < -0.3 is 0 Å². The third-order valence-electron chi connectivity index (χ3n) is 0.965. The molecule has 1 heterocycles. The van der Waals surface area contributed by atoms with E-state index in [2.05, 4.69) is 4.98 Å². The first-order chi connectivity index (χ1) is 5.22. The molecule has 0 saturated carbocycles. The van der Waals surface area contributed by atoms with Gasteiger partial charge in [-0.2, -0.15) is 0 Å². The van der Waals surface area contributed by atoms with Crippen molar-refractivity contribution in [3.05, 3.63) is 15.5 Å². The zero-order chi connectivity index (χ0) is 8.27. The monoisotopic (exact) mass is 192 g/mol. The van der Waals surface area contributed by atoms with Crippen molar-refractivity contribution in [1.82, 2.24) is 10.0 Å². The molecule has 0 aliphatic heterocycles. The van der Waals surface area contributed by atoms with Crippen LogP contribution in [-0.2, 0) is 11.3 Å². The molecule has 4 nitrogen and oxygen atoms in total. The number of carbonyl (C=O) groups excluding carboxylic acids is 1. The summed E-state index contributed by atoms with van der Waals surface area (Å²) in [5, 5.41) is 9.25. The van der Waals surface area contributed by atoms with E-state index in [1.807, 2.05) is 0 Å². The standard InChI is InChI=1S/C5H5ClN2O2S/c6-5-7-1-4(11-5)2-8(10)3-9/h1,3,10H,2H2. The molecule has 1 amide bonds. The second-order valence-electron chi connectivity index (χ2n) is 1.78. The van der Waals surface area contributed by atoms with Gasteiger partial charge >= 0.3 is 0 Å². The molecular formula is C5H5ClN2O2S. The zero-order valence-electron chi connectivity index (χ0n) is 5.40. The highest BCUT2D eigenvalue weighted by Gasteiger charge is 2.02. The number of rotatable bonds is 3. The van der Waals surface area contributed by atoms with Crippen molar-refractivity contribution in [2.45, 2.75) is 6.54 Å². The van der Waals surface area contributed by atoms with Crippen LogP contribution < -0.4 is 0 Å². The largest absolute Gasteiger partial charge is 0.286 e. The Balaban J connectivity index is 2.57. The number of hydrogen-bond donors (Lipinski definition) is 1. The molecule has 1 aromatic rings. The number of nitrogens with zero attached hydrogens (tertiary/aromatic N) is 2. The van der Waals surface area contributed by atoms with Crippen LogP contribution in [0.3, 0.4) is 0 Å². The molecule has 0 saturated heterocycles. The van der Waals surface area contributed by atoms with Crippen molar-refractivity contribution in [1.29, 1.82) is 0 Å². The first-order valence-electron chi connectivity index (χ1n) is 2.73. The normalized spacial score (nSPS) is 9.64. The molecule has 0 bridgehead atoms. The number of aromatic nitrogens is 1. The lowest BCUT2D eigenvalue weighted by Gasteiger charge is -2.03. The maximum atomic E-state index is 9.94. The number of hydrogen-bond acceptors (Lipinski definition) is 4. The van der Waals surface area contributed by atoms with E-state index in [0.29, 0.717) is 15.9 Å². The van der Waals surface area contributed by atoms with Gasteiger partial charge in [-0.25, -0.2) is 10.0 Å². The summed E-state index contributed by atoms with van der Waals surface area (Å²) < 4.78 is 0.402. The highest BCUT2D eigenvalue weighted by atomic mass is 35.5. The van der Waals surface area contributed by atoms with Crippen LogP contribution in [0.2, 0.25) is 4.47 Å². The van der Waals surface area contributed by atoms with Crippen LogP contribution in [0, 0.1) is 0 Å². The van der Waals surface area contributed by atoms with Crippen molar-refractivity contribution < 1.29 is 10.0 Å². The summed E-state index contributed by atoms with van der Waals surface area (Å²) in [7, 11) is 0. The molecule has 1 rings (SSSR count). The molecule has 0 fully saturated rings. The molecule has 0 radical (unpaired) electrons. The molecule has 11 heavy (non-hydrogen) atoms. The van der Waals surface area contributed by atoms with Gasteiger partial charge in [0, 0.05) is 11.1 Å². The summed E-state index contributed by atoms with van der Waals surface area (Å²) in [5.74, 6) is 0. The van der Waals surface area contributed by atoms with Gasteiger partial charge in [0.15, 0.2) is 4.47 Å². The number of hydroxylamine groups is 2. The lowest BCUT2D eigenvalue weighted by Crippen LogP contribution is -2.14. The molecular weight excluding hydrogens is 188 g/mol. The second-order valence-corrected chi connectivity index (χ2v) is 3.48. The Labute approximate surface area is 72.0 Å². The first-order valence-corrected chi connectivity index (χ1v) is 3.93. The second kappa shape index (κ2) is 3.66. The van der Waals surface area contributed by atoms with E-state index < -0.39 is 0 Å². The summed E-state index contributed by atoms with van der Waals surface area (Å²) in [6.07, 6.45) is 1.84. The van der Waals surface area contributed by atoms with Crippen LogP contribution in [0.4, 0.5) is 0 Å². The Morgan fingerprint density at radius 1 is 1.91 bits per heavy atom. The summed E-state index contributed by atoms with van der Waals surface area (Å²) in [6, 6.07) is 0. The SMILES string of the molecule is O=CN(O)Cc1cnc(Cl)s1. The van der Waals surface area contributed by atoms with E-state index in [0.717, 1.165) is 4.88 Å². The van der Waals surface area contributed by atoms with E-state index in [1.165, 1.54) is 17.5 Å². The predicted octanol–water partition coefficient (Wildman–Crippen LogP) is 1.14. The van der Waals surface area contributed by atoms with Gasteiger partial charge in [-0.15, -0.1) is 11.3 Å². The summed E-state index contributed by atoms with van der Waals surface area (Å²) in [6.45, 7) is 0.133. The van der Waals surface area contributed by atoms with Crippen LogP contribution in [0.25, 0.3) is 0 Å². The Hall–Kier alpha value is -0.650. The minimum Gasteiger partial charge on any atom is -0.286 e. The van der Waals surface area contributed by atoms with Gasteiger partial charge in [0.1, 0.15) is 0 Å². The topological polar surface area (TPSA) is 53.4 Å². The van der Waals surface area contributed by atoms with Gasteiger partial charge in [0.05, 0.1) is 6.54 Å². The fraction of sp³-hybridized carbons (Fsp3) is 0.200. The van der Waals surface area contributed by atoms with Crippen LogP contribution in [0.1, 0.15) is 4.88 Å². The average molecular weight is 193 g/mol. The molecule has 60 valence electrons. The lowest BCUT2D eigenvalue weighted by molar-refractivity contribution is -0.151. The van der Waals surface area contributed by atoms with Crippen molar-refractivity contribution in [2.24, 2.45) is 0 Å². The molecule has 0 aliphatic rings. The Bertz CT molecular complexity index is 252. The highest BCUT2D eigenvalue weighted by Crippen LogP contribution is 2.18. The number of carbonyl (C=O) groups is 1. The van der Waals surface area contributed by atoms with E-state index in [4.69, 9.17) is 16.8 Å². The first kappa shape index (κ1) is 8.45. The molecule has 0 aliphatic carbocycles.